The number of allylic oxidation sites excluding steroid dienone is 2. The van der Waals surface area contributed by atoms with Gasteiger partial charge in [0, 0.05) is 0 Å². The van der Waals surface area contributed by atoms with Crippen molar-refractivity contribution < 1.29 is 17.9 Å². The predicted octanol–water partition coefficient (Wildman–Crippen LogP) is 7.26. The first-order valence-corrected chi connectivity index (χ1v) is 9.95. The second kappa shape index (κ2) is 10.6. The molecule has 0 heterocycles. The smallest absolute Gasteiger partial charge is 0.267 e. The van der Waals surface area contributed by atoms with Crippen LogP contribution in [-0.4, -0.2) is 6.61 Å². The Balaban J connectivity index is 1.90. The lowest BCUT2D eigenvalue weighted by molar-refractivity contribution is 0.143. The molecule has 146 valence electrons. The van der Waals surface area contributed by atoms with Gasteiger partial charge < -0.3 is 4.74 Å². The lowest BCUT2D eigenvalue weighted by Gasteiger charge is -2.26. The molecule has 0 N–H and O–H groups in total. The number of aryl methyl sites for hydroxylation is 1. The van der Waals surface area contributed by atoms with E-state index in [1.54, 1.807) is 13.0 Å². The van der Waals surface area contributed by atoms with Gasteiger partial charge in [0.15, 0.2) is 11.6 Å². The summed E-state index contributed by atoms with van der Waals surface area (Å²) in [5, 5.41) is 0. The van der Waals surface area contributed by atoms with Gasteiger partial charge in [-0.25, -0.2) is 13.2 Å². The topological polar surface area (TPSA) is 9.23 Å². The SMILES string of the molecule is CCCC1CCC(C=CCCc2ccc(OCC)c(F)c2C(F)F)CC1. The molecule has 0 bridgehead atoms. The van der Waals surface area contributed by atoms with Crippen molar-refractivity contribution in [2.24, 2.45) is 11.8 Å². The zero-order chi connectivity index (χ0) is 18.9. The van der Waals surface area contributed by atoms with Crippen molar-refractivity contribution in [3.63, 3.8) is 0 Å². The maximum absolute atomic E-state index is 14.2. The summed E-state index contributed by atoms with van der Waals surface area (Å²) < 4.78 is 45.9. The number of halogens is 3. The Hall–Kier alpha value is -1.45. The molecule has 2 rings (SSSR count). The van der Waals surface area contributed by atoms with Gasteiger partial charge in [-0.1, -0.05) is 38.0 Å². The van der Waals surface area contributed by atoms with Crippen molar-refractivity contribution in [1.82, 2.24) is 0 Å². The minimum absolute atomic E-state index is 0.0917. The van der Waals surface area contributed by atoms with Crippen LogP contribution in [0.3, 0.4) is 0 Å². The molecule has 26 heavy (non-hydrogen) atoms. The van der Waals surface area contributed by atoms with E-state index in [2.05, 4.69) is 19.1 Å². The van der Waals surface area contributed by atoms with Gasteiger partial charge in [0.05, 0.1) is 12.2 Å². The van der Waals surface area contributed by atoms with Gasteiger partial charge in [0.1, 0.15) is 0 Å². The number of ether oxygens (including phenoxy) is 1. The molecule has 1 saturated carbocycles. The van der Waals surface area contributed by atoms with Gasteiger partial charge in [-0.05, 0) is 68.9 Å². The largest absolute Gasteiger partial charge is 0.491 e. The van der Waals surface area contributed by atoms with E-state index in [4.69, 9.17) is 4.74 Å². The highest BCUT2D eigenvalue weighted by Gasteiger charge is 2.22. The molecule has 0 radical (unpaired) electrons. The highest BCUT2D eigenvalue weighted by Crippen LogP contribution is 2.34. The monoisotopic (exact) mass is 368 g/mol. The van der Waals surface area contributed by atoms with Crippen molar-refractivity contribution in [2.75, 3.05) is 6.61 Å². The zero-order valence-electron chi connectivity index (χ0n) is 15.9. The highest BCUT2D eigenvalue weighted by atomic mass is 19.3. The van der Waals surface area contributed by atoms with Gasteiger partial charge >= 0.3 is 0 Å². The van der Waals surface area contributed by atoms with Crippen LogP contribution in [0.15, 0.2) is 24.3 Å². The fraction of sp³-hybridized carbons (Fsp3) is 0.636. The van der Waals surface area contributed by atoms with Gasteiger partial charge in [0.25, 0.3) is 6.43 Å². The lowest BCUT2D eigenvalue weighted by atomic mass is 9.80. The van der Waals surface area contributed by atoms with Crippen LogP contribution in [0.25, 0.3) is 0 Å². The fourth-order valence-electron chi connectivity index (χ4n) is 3.94. The molecule has 0 amide bonds. The summed E-state index contributed by atoms with van der Waals surface area (Å²) in [4.78, 5) is 0. The Morgan fingerprint density at radius 2 is 1.88 bits per heavy atom. The maximum Gasteiger partial charge on any atom is 0.267 e. The number of hydrogen-bond donors (Lipinski definition) is 0. The maximum atomic E-state index is 14.2. The summed E-state index contributed by atoms with van der Waals surface area (Å²) in [6.07, 6.45) is 10.2. The first kappa shape index (κ1) is 20.9. The van der Waals surface area contributed by atoms with E-state index in [9.17, 15) is 13.2 Å². The molecule has 0 aromatic heterocycles. The molecule has 1 aromatic rings. The minimum Gasteiger partial charge on any atom is -0.491 e. The van der Waals surface area contributed by atoms with E-state index in [1.807, 2.05) is 0 Å². The summed E-state index contributed by atoms with van der Waals surface area (Å²) in [5.74, 6) is 0.475. The second-order valence-corrected chi connectivity index (χ2v) is 7.22. The van der Waals surface area contributed by atoms with Crippen molar-refractivity contribution in [1.29, 1.82) is 0 Å². The van der Waals surface area contributed by atoms with Gasteiger partial charge in [0.2, 0.25) is 0 Å². The Labute approximate surface area is 155 Å². The third kappa shape index (κ3) is 5.78. The number of rotatable bonds is 9. The van der Waals surface area contributed by atoms with Crippen LogP contribution in [-0.2, 0) is 6.42 Å². The van der Waals surface area contributed by atoms with Crippen LogP contribution in [0.5, 0.6) is 5.75 Å². The summed E-state index contributed by atoms with van der Waals surface area (Å²) in [6, 6.07) is 3.03. The van der Waals surface area contributed by atoms with Crippen molar-refractivity contribution in [3.05, 3.63) is 41.2 Å². The van der Waals surface area contributed by atoms with Crippen LogP contribution < -0.4 is 4.74 Å². The molecule has 0 saturated heterocycles. The van der Waals surface area contributed by atoms with Crippen molar-refractivity contribution in [2.45, 2.75) is 71.6 Å². The summed E-state index contributed by atoms with van der Waals surface area (Å²) in [7, 11) is 0. The molecule has 1 aliphatic rings. The first-order chi connectivity index (χ1) is 12.6. The molecule has 4 heteroatoms. The van der Waals surface area contributed by atoms with Crippen LogP contribution in [0.4, 0.5) is 13.2 Å². The Morgan fingerprint density at radius 1 is 1.15 bits per heavy atom. The molecule has 0 aliphatic heterocycles. The zero-order valence-corrected chi connectivity index (χ0v) is 15.9. The lowest BCUT2D eigenvalue weighted by Crippen LogP contribution is -2.12. The Bertz CT molecular complexity index is 575. The van der Waals surface area contributed by atoms with Crippen LogP contribution in [0, 0.1) is 17.7 Å². The average Bonchev–Trinajstić information content (AvgIpc) is 2.62. The molecule has 1 aliphatic carbocycles. The molecule has 1 nitrogen and oxygen atoms in total. The molecule has 1 aromatic carbocycles. The normalized spacial score (nSPS) is 20.8. The van der Waals surface area contributed by atoms with E-state index >= 15 is 0 Å². The Kier molecular flexibility index (Phi) is 8.53. The van der Waals surface area contributed by atoms with E-state index in [1.165, 1.54) is 44.6 Å². The van der Waals surface area contributed by atoms with Gasteiger partial charge in [-0.15, -0.1) is 0 Å². The second-order valence-electron chi connectivity index (χ2n) is 7.22. The van der Waals surface area contributed by atoms with Gasteiger partial charge in [-0.2, -0.15) is 0 Å². The summed E-state index contributed by atoms with van der Waals surface area (Å²) in [5.41, 5.74) is -0.137. The highest BCUT2D eigenvalue weighted by molar-refractivity contribution is 5.38. The molecular weight excluding hydrogens is 337 g/mol. The molecule has 0 unspecified atom stereocenters. The first-order valence-electron chi connectivity index (χ1n) is 9.95. The van der Waals surface area contributed by atoms with Crippen LogP contribution >= 0.6 is 0 Å². The predicted molar refractivity (Wildman–Crippen MR) is 100 cm³/mol. The van der Waals surface area contributed by atoms with E-state index in [0.717, 1.165) is 5.92 Å². The number of hydrogen-bond acceptors (Lipinski definition) is 1. The minimum atomic E-state index is -2.83. The van der Waals surface area contributed by atoms with Crippen LogP contribution in [0.1, 0.15) is 76.3 Å². The standard InChI is InChI=1S/C22H31F3O/c1-3-7-16-10-12-17(13-11-16)8-5-6-9-18-14-15-19(26-4-2)21(23)20(18)22(24)25/h5,8,14-17,22H,3-4,6-7,9-13H2,1-2H3. The van der Waals surface area contributed by atoms with Gasteiger partial charge in [-0.3, -0.25) is 0 Å². The van der Waals surface area contributed by atoms with E-state index in [0.29, 0.717) is 24.3 Å². The van der Waals surface area contributed by atoms with Crippen molar-refractivity contribution in [3.8, 4) is 5.75 Å². The third-order valence-electron chi connectivity index (χ3n) is 5.33. The Morgan fingerprint density at radius 3 is 2.50 bits per heavy atom. The van der Waals surface area contributed by atoms with Crippen molar-refractivity contribution >= 4 is 0 Å². The van der Waals surface area contributed by atoms with E-state index < -0.39 is 17.8 Å². The van der Waals surface area contributed by atoms with Crippen LogP contribution in [0.2, 0.25) is 0 Å². The number of alkyl halides is 2. The summed E-state index contributed by atoms with van der Waals surface area (Å²) in [6.45, 7) is 4.20. The summed E-state index contributed by atoms with van der Waals surface area (Å²) >= 11 is 0. The molecule has 0 spiro atoms. The molecule has 1 fully saturated rings. The third-order valence-corrected chi connectivity index (χ3v) is 5.33. The quantitative estimate of drug-likeness (QED) is 0.417. The molecule has 0 atom stereocenters. The fourth-order valence-corrected chi connectivity index (χ4v) is 3.94. The average molecular weight is 368 g/mol. The van der Waals surface area contributed by atoms with E-state index in [-0.39, 0.29) is 12.4 Å². The number of benzene rings is 1. The molecular formula is C22H31F3O.